The Morgan fingerprint density at radius 2 is 0.526 bits per heavy atom. The third kappa shape index (κ3) is 3.63. The van der Waals surface area contributed by atoms with Crippen LogP contribution in [0.25, 0.3) is 65.4 Å². The summed E-state index contributed by atoms with van der Waals surface area (Å²) in [5.41, 5.74) is 37.7. The fourth-order valence-corrected chi connectivity index (χ4v) is 12.5. The number of nitrogen functional groups attached to an aromatic ring is 2. The Labute approximate surface area is 335 Å². The van der Waals surface area contributed by atoms with Crippen LogP contribution in [0, 0.1) is 0 Å². The van der Waals surface area contributed by atoms with E-state index in [1.807, 2.05) is 0 Å². The average Bonchev–Trinajstić information content (AvgIpc) is 4.02. The Morgan fingerprint density at radius 1 is 0.281 bits per heavy atom. The number of benzene rings is 8. The summed E-state index contributed by atoms with van der Waals surface area (Å²) < 4.78 is 0. The molecule has 0 fully saturated rings. The van der Waals surface area contributed by atoms with Crippen LogP contribution in [0.1, 0.15) is 44.5 Å². The first-order valence-corrected chi connectivity index (χ1v) is 20.5. The first kappa shape index (κ1) is 31.3. The number of rotatable bonds is 2. The van der Waals surface area contributed by atoms with Gasteiger partial charge in [0.2, 0.25) is 0 Å². The van der Waals surface area contributed by atoms with Gasteiger partial charge in [0.1, 0.15) is 0 Å². The maximum absolute atomic E-state index is 7.11. The number of hydrogen-bond donors (Lipinski definition) is 2. The lowest BCUT2D eigenvalue weighted by Gasteiger charge is -2.30. The third-order valence-corrected chi connectivity index (χ3v) is 14.8. The lowest BCUT2D eigenvalue weighted by molar-refractivity contribution is 0.794. The van der Waals surface area contributed by atoms with E-state index in [2.05, 4.69) is 182 Å². The second-order valence-corrected chi connectivity index (χ2v) is 16.9. The Kier molecular flexibility index (Phi) is 5.97. The van der Waals surface area contributed by atoms with E-state index >= 15 is 0 Å². The zero-order valence-corrected chi connectivity index (χ0v) is 31.7. The molecule has 0 aliphatic heterocycles. The van der Waals surface area contributed by atoms with Crippen molar-refractivity contribution in [1.29, 1.82) is 0 Å². The highest BCUT2D eigenvalue weighted by Gasteiger charge is 2.53. The quantitative estimate of drug-likeness (QED) is 0.185. The molecule has 0 saturated carbocycles. The molecule has 4 aliphatic carbocycles. The summed E-state index contributed by atoms with van der Waals surface area (Å²) in [6.07, 6.45) is 0. The zero-order valence-electron chi connectivity index (χ0n) is 30.9. The number of hydrogen-bond acceptors (Lipinski definition) is 3. The molecule has 3 heteroatoms. The summed E-state index contributed by atoms with van der Waals surface area (Å²) in [4.78, 5) is 2.01. The Hall–Kier alpha value is -6.94. The summed E-state index contributed by atoms with van der Waals surface area (Å²) >= 11 is 1.71. The molecule has 0 atom stereocenters. The van der Waals surface area contributed by atoms with Gasteiger partial charge in [-0.2, -0.15) is 0 Å². The molecule has 2 spiro atoms. The van der Waals surface area contributed by atoms with Crippen LogP contribution in [0.15, 0.2) is 182 Å². The number of nitrogens with two attached hydrogens (primary N) is 2. The molecule has 8 aromatic carbocycles. The molecule has 0 saturated heterocycles. The molecule has 0 amide bonds. The van der Waals surface area contributed by atoms with Crippen molar-refractivity contribution in [3.05, 3.63) is 226 Å². The van der Waals surface area contributed by atoms with E-state index in [1.165, 1.54) is 89.0 Å². The Balaban J connectivity index is 1.01. The van der Waals surface area contributed by atoms with Crippen LogP contribution in [0.5, 0.6) is 0 Å². The van der Waals surface area contributed by atoms with E-state index in [-0.39, 0.29) is 0 Å². The van der Waals surface area contributed by atoms with Gasteiger partial charge in [-0.1, -0.05) is 170 Å². The molecule has 1 aromatic heterocycles. The topological polar surface area (TPSA) is 52.0 Å². The molecule has 9 aromatic rings. The second kappa shape index (κ2) is 10.9. The Bertz CT molecular complexity index is 2900. The van der Waals surface area contributed by atoms with Crippen molar-refractivity contribution in [1.82, 2.24) is 0 Å². The summed E-state index contributed by atoms with van der Waals surface area (Å²) in [5.74, 6) is 0. The summed E-state index contributed by atoms with van der Waals surface area (Å²) in [7, 11) is 0. The highest BCUT2D eigenvalue weighted by Crippen LogP contribution is 2.65. The molecule has 266 valence electrons. The van der Waals surface area contributed by atoms with Crippen LogP contribution in [-0.4, -0.2) is 0 Å². The minimum Gasteiger partial charge on any atom is -0.396 e. The normalized spacial score (nSPS) is 14.7. The van der Waals surface area contributed by atoms with Gasteiger partial charge in [-0.3, -0.25) is 0 Å². The van der Waals surface area contributed by atoms with Crippen molar-refractivity contribution < 1.29 is 0 Å². The van der Waals surface area contributed by atoms with Crippen LogP contribution in [-0.2, 0) is 10.8 Å². The number of fused-ring (bicyclic) bond motifs is 20. The van der Waals surface area contributed by atoms with Crippen molar-refractivity contribution in [3.63, 3.8) is 0 Å². The van der Waals surface area contributed by atoms with Crippen molar-refractivity contribution >= 4 is 22.7 Å². The maximum atomic E-state index is 7.11. The van der Waals surface area contributed by atoms with Gasteiger partial charge >= 0.3 is 0 Å². The van der Waals surface area contributed by atoms with Crippen LogP contribution in [0.3, 0.4) is 0 Å². The number of anilines is 2. The summed E-state index contributed by atoms with van der Waals surface area (Å²) in [5, 5.41) is 0. The SMILES string of the molecule is Nc1c(-c2ccc3c(c2)C2(c4ccccc4-c4ccccc42)c2ccccc2-3)sc(-c2ccc3c(c2)C2(c4ccccc4-c4ccccc42)c2ccccc2-3)c1N. The van der Waals surface area contributed by atoms with E-state index < -0.39 is 10.8 Å². The molecular weight excluding hydrogens is 709 g/mol. The number of thiophene rings is 1. The first-order valence-electron chi connectivity index (χ1n) is 19.7. The van der Waals surface area contributed by atoms with E-state index in [0.29, 0.717) is 11.4 Å². The third-order valence-electron chi connectivity index (χ3n) is 13.5. The van der Waals surface area contributed by atoms with Crippen molar-refractivity contribution in [2.75, 3.05) is 11.5 Å². The molecule has 0 bridgehead atoms. The molecular formula is C54H34N2S. The zero-order chi connectivity index (χ0) is 37.6. The minimum atomic E-state index is -0.424. The smallest absolute Gasteiger partial charge is 0.0744 e. The predicted octanol–water partition coefficient (Wildman–Crippen LogP) is 12.9. The van der Waals surface area contributed by atoms with Gasteiger partial charge in [-0.05, 0) is 112 Å². The summed E-state index contributed by atoms with van der Waals surface area (Å²) in [6.45, 7) is 0. The highest BCUT2D eigenvalue weighted by molar-refractivity contribution is 7.20. The van der Waals surface area contributed by atoms with Crippen molar-refractivity contribution in [2.24, 2.45) is 0 Å². The molecule has 1 heterocycles. The lowest BCUT2D eigenvalue weighted by Crippen LogP contribution is -2.25. The molecule has 13 rings (SSSR count). The molecule has 57 heavy (non-hydrogen) atoms. The van der Waals surface area contributed by atoms with Gasteiger partial charge in [0.15, 0.2) is 0 Å². The standard InChI is InChI=1S/C54H34N2S/c55-49-50(56)52(32-26-28-40-38-18-6-12-24-46(38)54(48(40)30-32)43-21-9-3-15-35(43)36-16-4-10-22-44(36)54)57-51(49)31-25-27-39-37-17-5-11-23-45(37)53(47(39)29-31)41-19-7-1-13-33(41)34-14-2-8-20-42(34)53/h1-30H,55-56H2. The van der Waals surface area contributed by atoms with Crippen LogP contribution < -0.4 is 11.5 Å². The van der Waals surface area contributed by atoms with Crippen LogP contribution in [0.2, 0.25) is 0 Å². The highest BCUT2D eigenvalue weighted by atomic mass is 32.1. The molecule has 2 nitrogen and oxygen atoms in total. The minimum absolute atomic E-state index is 0.424. The monoisotopic (exact) mass is 742 g/mol. The fourth-order valence-electron chi connectivity index (χ4n) is 11.4. The van der Waals surface area contributed by atoms with Gasteiger partial charge in [0.25, 0.3) is 0 Å². The van der Waals surface area contributed by atoms with E-state index in [1.54, 1.807) is 11.3 Å². The van der Waals surface area contributed by atoms with Gasteiger partial charge in [0.05, 0.1) is 32.0 Å². The maximum Gasteiger partial charge on any atom is 0.0744 e. The first-order chi connectivity index (χ1) is 28.1. The van der Waals surface area contributed by atoms with Crippen LogP contribution >= 0.6 is 11.3 Å². The van der Waals surface area contributed by atoms with Crippen LogP contribution in [0.4, 0.5) is 11.4 Å². The van der Waals surface area contributed by atoms with E-state index in [0.717, 1.165) is 20.9 Å². The average molecular weight is 743 g/mol. The fraction of sp³-hybridized carbons (Fsp3) is 0.0370. The van der Waals surface area contributed by atoms with Crippen molar-refractivity contribution in [3.8, 4) is 65.4 Å². The van der Waals surface area contributed by atoms with Crippen molar-refractivity contribution in [2.45, 2.75) is 10.8 Å². The summed E-state index contributed by atoms with van der Waals surface area (Å²) in [6, 6.07) is 67.6. The second-order valence-electron chi connectivity index (χ2n) is 15.9. The molecule has 4 aliphatic rings. The largest absolute Gasteiger partial charge is 0.396 e. The molecule has 4 N–H and O–H groups in total. The molecule has 0 unspecified atom stereocenters. The molecule has 0 radical (unpaired) electrons. The van der Waals surface area contributed by atoms with E-state index in [4.69, 9.17) is 11.5 Å². The van der Waals surface area contributed by atoms with Gasteiger partial charge < -0.3 is 11.5 Å². The lowest BCUT2D eigenvalue weighted by atomic mass is 9.70. The van der Waals surface area contributed by atoms with Gasteiger partial charge in [0, 0.05) is 0 Å². The van der Waals surface area contributed by atoms with E-state index in [9.17, 15) is 0 Å². The Morgan fingerprint density at radius 3 is 0.807 bits per heavy atom. The van der Waals surface area contributed by atoms with Gasteiger partial charge in [-0.15, -0.1) is 11.3 Å². The van der Waals surface area contributed by atoms with Gasteiger partial charge in [-0.25, -0.2) is 0 Å². The predicted molar refractivity (Wildman–Crippen MR) is 237 cm³/mol.